The van der Waals surface area contributed by atoms with Gasteiger partial charge in [-0.2, -0.15) is 0 Å². The van der Waals surface area contributed by atoms with Crippen molar-refractivity contribution in [1.29, 1.82) is 0 Å². The Morgan fingerprint density at radius 3 is 2.58 bits per heavy atom. The number of rotatable bonds is 8. The lowest BCUT2D eigenvalue weighted by Gasteiger charge is -2.19. The first-order chi connectivity index (χ1) is 11.6. The summed E-state index contributed by atoms with van der Waals surface area (Å²) in [6, 6.07) is 14.9. The monoisotopic (exact) mass is 346 g/mol. The van der Waals surface area contributed by atoms with E-state index in [9.17, 15) is 4.79 Å². The fourth-order valence-electron chi connectivity index (χ4n) is 2.35. The van der Waals surface area contributed by atoms with Gasteiger partial charge in [0.05, 0.1) is 6.54 Å². The number of ether oxygens (including phenoxy) is 1. The van der Waals surface area contributed by atoms with Gasteiger partial charge in [0.25, 0.3) is 5.91 Å². The zero-order valence-electron chi connectivity index (χ0n) is 14.1. The van der Waals surface area contributed by atoms with Crippen LogP contribution < -0.4 is 10.1 Å². The molecule has 0 fully saturated rings. The van der Waals surface area contributed by atoms with Gasteiger partial charge in [0, 0.05) is 17.6 Å². The second-order valence-corrected chi connectivity index (χ2v) is 5.98. The minimum Gasteiger partial charge on any atom is -0.492 e. The average Bonchev–Trinajstić information content (AvgIpc) is 2.61. The van der Waals surface area contributed by atoms with E-state index in [1.165, 1.54) is 0 Å². The first kappa shape index (κ1) is 18.3. The summed E-state index contributed by atoms with van der Waals surface area (Å²) in [5, 5.41) is 3.79. The number of amides is 1. The molecule has 0 spiro atoms. The smallest absolute Gasteiger partial charge is 0.253 e. The zero-order chi connectivity index (χ0) is 17.4. The topological polar surface area (TPSA) is 41.6 Å². The summed E-state index contributed by atoms with van der Waals surface area (Å²) in [7, 11) is 3.70. The van der Waals surface area contributed by atoms with Gasteiger partial charge in [-0.1, -0.05) is 29.8 Å². The third kappa shape index (κ3) is 5.25. The minimum atomic E-state index is 0.0152. The Kier molecular flexibility index (Phi) is 7.09. The Morgan fingerprint density at radius 2 is 1.88 bits per heavy atom. The molecule has 0 aliphatic heterocycles. The van der Waals surface area contributed by atoms with Crippen LogP contribution in [0, 0.1) is 0 Å². The third-order valence-electron chi connectivity index (χ3n) is 3.75. The van der Waals surface area contributed by atoms with Gasteiger partial charge in [-0.25, -0.2) is 0 Å². The van der Waals surface area contributed by atoms with Gasteiger partial charge in [0.2, 0.25) is 0 Å². The number of carbonyl (C=O) groups excluding carboxylic acids is 1. The van der Waals surface area contributed by atoms with Crippen molar-refractivity contribution in [3.05, 3.63) is 64.7 Å². The molecule has 0 unspecified atom stereocenters. The van der Waals surface area contributed by atoms with Gasteiger partial charge in [-0.05, 0) is 55.9 Å². The number of nitrogens with zero attached hydrogens (tertiary/aromatic N) is 1. The number of nitrogens with one attached hydrogen (secondary N) is 1. The third-order valence-corrected chi connectivity index (χ3v) is 4.00. The largest absolute Gasteiger partial charge is 0.492 e. The highest BCUT2D eigenvalue weighted by Crippen LogP contribution is 2.16. The summed E-state index contributed by atoms with van der Waals surface area (Å²) in [4.78, 5) is 14.3. The fourth-order valence-corrected chi connectivity index (χ4v) is 2.47. The highest BCUT2D eigenvalue weighted by atomic mass is 35.5. The molecule has 2 aromatic carbocycles. The molecule has 2 aromatic rings. The summed E-state index contributed by atoms with van der Waals surface area (Å²) in [5.41, 5.74) is 1.81. The van der Waals surface area contributed by atoms with Crippen molar-refractivity contribution in [3.8, 4) is 5.75 Å². The van der Waals surface area contributed by atoms with Crippen molar-refractivity contribution >= 4 is 17.5 Å². The molecule has 1 amide bonds. The zero-order valence-corrected chi connectivity index (χ0v) is 14.8. The lowest BCUT2D eigenvalue weighted by Crippen LogP contribution is -2.31. The molecule has 0 aromatic heterocycles. The Labute approximate surface area is 148 Å². The van der Waals surface area contributed by atoms with E-state index in [1.807, 2.05) is 43.4 Å². The van der Waals surface area contributed by atoms with Crippen LogP contribution in [-0.4, -0.2) is 44.6 Å². The van der Waals surface area contributed by atoms with Crippen LogP contribution in [0.5, 0.6) is 5.75 Å². The second-order valence-electron chi connectivity index (χ2n) is 5.54. The highest BCUT2D eigenvalue weighted by molar-refractivity contribution is 6.30. The first-order valence-electron chi connectivity index (χ1n) is 7.98. The Hall–Kier alpha value is -2.04. The molecule has 5 heteroatoms. The van der Waals surface area contributed by atoms with E-state index < -0.39 is 0 Å². The van der Waals surface area contributed by atoms with Crippen LogP contribution in [0.25, 0.3) is 0 Å². The van der Waals surface area contributed by atoms with Crippen LogP contribution in [0.15, 0.2) is 48.5 Å². The standard InChI is InChI=1S/C19H23ClN2O2/c1-21-12-11-15-5-3-4-6-18(15)19(23)22(2)13-14-24-17-9-7-16(20)8-10-17/h3-10,21H,11-14H2,1-2H3. The summed E-state index contributed by atoms with van der Waals surface area (Å²) in [6.07, 6.45) is 0.827. The van der Waals surface area contributed by atoms with Gasteiger partial charge in [-0.3, -0.25) is 4.79 Å². The molecule has 0 aliphatic carbocycles. The normalized spacial score (nSPS) is 10.5. The average molecular weight is 347 g/mol. The van der Waals surface area contributed by atoms with E-state index in [4.69, 9.17) is 16.3 Å². The predicted molar refractivity (Wildman–Crippen MR) is 98.0 cm³/mol. The van der Waals surface area contributed by atoms with E-state index in [0.29, 0.717) is 18.2 Å². The highest BCUT2D eigenvalue weighted by Gasteiger charge is 2.15. The molecular weight excluding hydrogens is 324 g/mol. The van der Waals surface area contributed by atoms with Crippen molar-refractivity contribution in [2.75, 3.05) is 33.8 Å². The van der Waals surface area contributed by atoms with E-state index in [2.05, 4.69) is 5.32 Å². The van der Waals surface area contributed by atoms with Crippen LogP contribution in [0.1, 0.15) is 15.9 Å². The number of carbonyl (C=O) groups is 1. The molecule has 0 saturated carbocycles. The summed E-state index contributed by atoms with van der Waals surface area (Å²) in [6.45, 7) is 1.79. The molecule has 0 saturated heterocycles. The molecule has 0 radical (unpaired) electrons. The fraction of sp³-hybridized carbons (Fsp3) is 0.316. The summed E-state index contributed by atoms with van der Waals surface area (Å²) in [5.74, 6) is 0.760. The number of hydrogen-bond donors (Lipinski definition) is 1. The van der Waals surface area contributed by atoms with Crippen molar-refractivity contribution in [3.63, 3.8) is 0 Å². The van der Waals surface area contributed by atoms with Crippen LogP contribution in [0.3, 0.4) is 0 Å². The predicted octanol–water partition coefficient (Wildman–Crippen LogP) is 3.25. The summed E-state index contributed by atoms with van der Waals surface area (Å²) >= 11 is 5.84. The second kappa shape index (κ2) is 9.30. The number of likely N-dealkylation sites (N-methyl/N-ethyl adjacent to an activating group) is 2. The van der Waals surface area contributed by atoms with Gasteiger partial charge in [0.1, 0.15) is 12.4 Å². The molecule has 0 atom stereocenters. The number of benzene rings is 2. The van der Waals surface area contributed by atoms with Crippen molar-refractivity contribution in [1.82, 2.24) is 10.2 Å². The first-order valence-corrected chi connectivity index (χ1v) is 8.36. The molecule has 24 heavy (non-hydrogen) atoms. The van der Waals surface area contributed by atoms with E-state index >= 15 is 0 Å². The SMILES string of the molecule is CNCCc1ccccc1C(=O)N(C)CCOc1ccc(Cl)cc1. The van der Waals surface area contributed by atoms with Crippen molar-refractivity contribution < 1.29 is 9.53 Å². The molecular formula is C19H23ClN2O2. The van der Waals surface area contributed by atoms with Gasteiger partial charge in [0.15, 0.2) is 0 Å². The van der Waals surface area contributed by atoms with E-state index in [1.54, 1.807) is 24.1 Å². The van der Waals surface area contributed by atoms with Gasteiger partial charge < -0.3 is 15.0 Å². The Balaban J connectivity index is 1.91. The number of halogens is 1. The number of hydrogen-bond acceptors (Lipinski definition) is 3. The molecule has 1 N–H and O–H groups in total. The van der Waals surface area contributed by atoms with Crippen molar-refractivity contribution in [2.45, 2.75) is 6.42 Å². The maximum absolute atomic E-state index is 12.6. The van der Waals surface area contributed by atoms with Crippen LogP contribution in [-0.2, 0) is 6.42 Å². The van der Waals surface area contributed by atoms with Crippen LogP contribution >= 0.6 is 11.6 Å². The van der Waals surface area contributed by atoms with Gasteiger partial charge in [-0.15, -0.1) is 0 Å². The van der Waals surface area contributed by atoms with Crippen LogP contribution in [0.2, 0.25) is 5.02 Å². The minimum absolute atomic E-state index is 0.0152. The van der Waals surface area contributed by atoms with E-state index in [0.717, 1.165) is 29.8 Å². The lowest BCUT2D eigenvalue weighted by atomic mass is 10.0. The maximum Gasteiger partial charge on any atom is 0.253 e. The molecule has 4 nitrogen and oxygen atoms in total. The molecule has 2 rings (SSSR count). The van der Waals surface area contributed by atoms with Gasteiger partial charge >= 0.3 is 0 Å². The lowest BCUT2D eigenvalue weighted by molar-refractivity contribution is 0.0772. The quantitative estimate of drug-likeness (QED) is 0.797. The molecule has 0 heterocycles. The van der Waals surface area contributed by atoms with Crippen LogP contribution in [0.4, 0.5) is 0 Å². The Bertz CT molecular complexity index is 659. The van der Waals surface area contributed by atoms with Crippen molar-refractivity contribution in [2.24, 2.45) is 0 Å². The Morgan fingerprint density at radius 1 is 1.17 bits per heavy atom. The van der Waals surface area contributed by atoms with E-state index in [-0.39, 0.29) is 5.91 Å². The summed E-state index contributed by atoms with van der Waals surface area (Å²) < 4.78 is 5.65. The molecule has 0 bridgehead atoms. The molecule has 128 valence electrons. The maximum atomic E-state index is 12.6. The molecule has 0 aliphatic rings.